The lowest BCUT2D eigenvalue weighted by atomic mass is 10.1. The van der Waals surface area contributed by atoms with E-state index in [1.54, 1.807) is 45.5 Å². The van der Waals surface area contributed by atoms with E-state index in [-0.39, 0.29) is 5.91 Å². The highest BCUT2D eigenvalue weighted by Crippen LogP contribution is 2.28. The lowest BCUT2D eigenvalue weighted by molar-refractivity contribution is 0.0954. The summed E-state index contributed by atoms with van der Waals surface area (Å²) in [6.45, 7) is 4.38. The molecule has 3 N–H and O–H groups in total. The molecule has 174 valence electrons. The fourth-order valence-electron chi connectivity index (χ4n) is 3.07. The Hall–Kier alpha value is -3.42. The number of nitrogens with zero attached hydrogens (tertiary/aromatic N) is 1. The Labute approximate surface area is 190 Å². The van der Waals surface area contributed by atoms with Gasteiger partial charge in [0.15, 0.2) is 17.5 Å². The van der Waals surface area contributed by atoms with Crippen molar-refractivity contribution in [3.8, 4) is 17.2 Å². The molecule has 0 radical (unpaired) electrons. The van der Waals surface area contributed by atoms with E-state index >= 15 is 0 Å². The topological polar surface area (TPSA) is 93.2 Å². The predicted octanol–water partition coefficient (Wildman–Crippen LogP) is 2.63. The molecule has 0 aliphatic heterocycles. The summed E-state index contributed by atoms with van der Waals surface area (Å²) >= 11 is 0. The Balaban J connectivity index is 1.66. The number of rotatable bonds is 12. The molecule has 2 aromatic carbocycles. The first-order valence-corrected chi connectivity index (χ1v) is 10.8. The van der Waals surface area contributed by atoms with Crippen LogP contribution in [0.15, 0.2) is 47.5 Å². The predicted molar refractivity (Wildman–Crippen MR) is 127 cm³/mol. The van der Waals surface area contributed by atoms with Crippen LogP contribution in [0.4, 0.5) is 0 Å². The third kappa shape index (κ3) is 8.02. The molecule has 1 amide bonds. The highest BCUT2D eigenvalue weighted by Gasteiger charge is 2.07. The van der Waals surface area contributed by atoms with Crippen LogP contribution < -0.4 is 30.2 Å². The van der Waals surface area contributed by atoms with Crippen molar-refractivity contribution in [2.24, 2.45) is 4.99 Å². The number of amides is 1. The fourth-order valence-corrected chi connectivity index (χ4v) is 3.07. The summed E-state index contributed by atoms with van der Waals surface area (Å²) in [5.74, 6) is 2.82. The highest BCUT2D eigenvalue weighted by molar-refractivity contribution is 5.94. The molecule has 0 aliphatic rings. The molecule has 0 aromatic heterocycles. The number of methoxy groups -OCH3 is 2. The minimum atomic E-state index is -0.122. The molecule has 0 unspecified atom stereocenters. The van der Waals surface area contributed by atoms with Crippen molar-refractivity contribution in [2.75, 3.05) is 47.5 Å². The third-order valence-electron chi connectivity index (χ3n) is 4.74. The molecule has 0 heterocycles. The van der Waals surface area contributed by atoms with Crippen LogP contribution in [0.2, 0.25) is 0 Å². The first-order valence-electron chi connectivity index (χ1n) is 10.8. The smallest absolute Gasteiger partial charge is 0.251 e. The van der Waals surface area contributed by atoms with Crippen molar-refractivity contribution < 1.29 is 19.0 Å². The molecule has 2 rings (SSSR count). The van der Waals surface area contributed by atoms with E-state index in [0.717, 1.165) is 36.6 Å². The van der Waals surface area contributed by atoms with Gasteiger partial charge in [-0.25, -0.2) is 0 Å². The van der Waals surface area contributed by atoms with E-state index in [4.69, 9.17) is 14.2 Å². The van der Waals surface area contributed by atoms with Crippen LogP contribution in [0.1, 0.15) is 29.3 Å². The van der Waals surface area contributed by atoms with Gasteiger partial charge in [-0.3, -0.25) is 9.79 Å². The fraction of sp³-hybridized carbons (Fsp3) is 0.417. The second-order valence-corrected chi connectivity index (χ2v) is 6.93. The summed E-state index contributed by atoms with van der Waals surface area (Å²) in [7, 11) is 4.96. The maximum atomic E-state index is 12.2. The maximum absolute atomic E-state index is 12.2. The molecule has 0 saturated carbocycles. The van der Waals surface area contributed by atoms with E-state index in [1.807, 2.05) is 19.1 Å². The van der Waals surface area contributed by atoms with Crippen LogP contribution in [-0.4, -0.2) is 59.4 Å². The minimum Gasteiger partial charge on any atom is -0.497 e. The maximum Gasteiger partial charge on any atom is 0.251 e. The Morgan fingerprint density at radius 3 is 2.28 bits per heavy atom. The normalized spacial score (nSPS) is 10.9. The van der Waals surface area contributed by atoms with Gasteiger partial charge in [-0.2, -0.15) is 0 Å². The molecule has 0 saturated heterocycles. The van der Waals surface area contributed by atoms with E-state index in [9.17, 15) is 4.79 Å². The summed E-state index contributed by atoms with van der Waals surface area (Å²) < 4.78 is 16.1. The number of benzene rings is 2. The van der Waals surface area contributed by atoms with Crippen molar-refractivity contribution in [3.63, 3.8) is 0 Å². The summed E-state index contributed by atoms with van der Waals surface area (Å²) in [5, 5.41) is 9.37. The Morgan fingerprint density at radius 1 is 0.906 bits per heavy atom. The number of nitrogens with one attached hydrogen (secondary N) is 3. The van der Waals surface area contributed by atoms with E-state index in [1.165, 1.54) is 5.56 Å². The number of aryl methyl sites for hydroxylation is 1. The molecule has 0 atom stereocenters. The van der Waals surface area contributed by atoms with Gasteiger partial charge in [0, 0.05) is 32.2 Å². The number of aliphatic imine (C=N–C) groups is 1. The molecule has 2 aromatic rings. The Morgan fingerprint density at radius 2 is 1.62 bits per heavy atom. The monoisotopic (exact) mass is 442 g/mol. The number of carbonyl (C=O) groups excluding carboxylic acids is 1. The molecule has 8 nitrogen and oxygen atoms in total. The first kappa shape index (κ1) is 24.8. The Kier molecular flexibility index (Phi) is 10.7. The van der Waals surface area contributed by atoms with Crippen molar-refractivity contribution in [1.29, 1.82) is 0 Å². The van der Waals surface area contributed by atoms with Gasteiger partial charge in [0.2, 0.25) is 0 Å². The zero-order chi connectivity index (χ0) is 23.2. The second-order valence-electron chi connectivity index (χ2n) is 6.93. The number of hydrogen-bond acceptors (Lipinski definition) is 5. The number of hydrogen-bond donors (Lipinski definition) is 3. The van der Waals surface area contributed by atoms with Gasteiger partial charge in [0.05, 0.1) is 20.8 Å². The number of guanidine groups is 1. The van der Waals surface area contributed by atoms with E-state index in [0.29, 0.717) is 31.2 Å². The minimum absolute atomic E-state index is 0.122. The van der Waals surface area contributed by atoms with Crippen LogP contribution in [0.3, 0.4) is 0 Å². The molecule has 8 heteroatoms. The summed E-state index contributed by atoms with van der Waals surface area (Å²) in [4.78, 5) is 16.4. The zero-order valence-corrected chi connectivity index (χ0v) is 19.4. The van der Waals surface area contributed by atoms with Gasteiger partial charge in [-0.05, 0) is 61.7 Å². The van der Waals surface area contributed by atoms with Crippen LogP contribution in [0.25, 0.3) is 0 Å². The van der Waals surface area contributed by atoms with Crippen molar-refractivity contribution in [3.05, 3.63) is 53.6 Å². The van der Waals surface area contributed by atoms with Gasteiger partial charge in [-0.1, -0.05) is 6.07 Å². The van der Waals surface area contributed by atoms with Crippen molar-refractivity contribution in [1.82, 2.24) is 16.0 Å². The lowest BCUT2D eigenvalue weighted by Gasteiger charge is -2.13. The summed E-state index contributed by atoms with van der Waals surface area (Å²) in [6.07, 6.45) is 1.85. The van der Waals surface area contributed by atoms with E-state index in [2.05, 4.69) is 27.0 Å². The summed E-state index contributed by atoms with van der Waals surface area (Å²) in [5.41, 5.74) is 1.79. The molecule has 0 fully saturated rings. The highest BCUT2D eigenvalue weighted by atomic mass is 16.5. The third-order valence-corrected chi connectivity index (χ3v) is 4.74. The summed E-state index contributed by atoms with van der Waals surface area (Å²) in [6, 6.07) is 13.0. The molecule has 32 heavy (non-hydrogen) atoms. The van der Waals surface area contributed by atoms with E-state index < -0.39 is 0 Å². The number of ether oxygens (including phenoxy) is 3. The second kappa shape index (κ2) is 13.8. The van der Waals surface area contributed by atoms with Gasteiger partial charge in [-0.15, -0.1) is 0 Å². The largest absolute Gasteiger partial charge is 0.497 e. The average molecular weight is 443 g/mol. The SMILES string of the molecule is CCOc1cc(CCCNC(=NC)NCCNC(=O)c2ccc(OC)cc2)ccc1OC. The quantitative estimate of drug-likeness (QED) is 0.266. The van der Waals surface area contributed by atoms with Crippen molar-refractivity contribution in [2.45, 2.75) is 19.8 Å². The van der Waals surface area contributed by atoms with Gasteiger partial charge >= 0.3 is 0 Å². The number of carbonyl (C=O) groups is 1. The van der Waals surface area contributed by atoms with Crippen LogP contribution >= 0.6 is 0 Å². The van der Waals surface area contributed by atoms with Crippen LogP contribution in [0, 0.1) is 0 Å². The molecular formula is C24H34N4O4. The molecule has 0 aliphatic carbocycles. The van der Waals surface area contributed by atoms with Gasteiger partial charge < -0.3 is 30.2 Å². The molecule has 0 spiro atoms. The van der Waals surface area contributed by atoms with Gasteiger partial charge in [0.25, 0.3) is 5.91 Å². The van der Waals surface area contributed by atoms with Crippen LogP contribution in [-0.2, 0) is 6.42 Å². The first-order chi connectivity index (χ1) is 15.6. The van der Waals surface area contributed by atoms with Crippen LogP contribution in [0.5, 0.6) is 17.2 Å². The molecule has 0 bridgehead atoms. The average Bonchev–Trinajstić information content (AvgIpc) is 2.83. The zero-order valence-electron chi connectivity index (χ0n) is 19.4. The standard InChI is InChI=1S/C24H34N4O4/c1-5-32-22-17-18(8-13-21(22)31-4)7-6-14-27-24(25-2)28-16-15-26-23(29)19-9-11-20(30-3)12-10-19/h8-13,17H,5-7,14-16H2,1-4H3,(H,26,29)(H2,25,27,28). The molecular weight excluding hydrogens is 408 g/mol. The van der Waals surface area contributed by atoms with Gasteiger partial charge in [0.1, 0.15) is 5.75 Å². The lowest BCUT2D eigenvalue weighted by Crippen LogP contribution is -2.41. The Bertz CT molecular complexity index is 869. The van der Waals surface area contributed by atoms with Crippen molar-refractivity contribution >= 4 is 11.9 Å².